The standard InChI is InChI=1S/C16H14ClN3O/c1-10-5-11(2)15(14(17)6-10)19-16(21)12-3-4-20-9-18-8-13(20)7-12/h3-9H,1-2H3,(H,19,21). The number of benzene rings is 1. The molecular formula is C16H14ClN3O. The number of hydrogen-bond donors (Lipinski definition) is 1. The Balaban J connectivity index is 1.92. The third-order valence-corrected chi connectivity index (χ3v) is 3.64. The largest absolute Gasteiger partial charge is 0.320 e. The van der Waals surface area contributed by atoms with Crippen molar-refractivity contribution in [2.24, 2.45) is 0 Å². The molecule has 0 atom stereocenters. The molecule has 5 heteroatoms. The molecule has 3 aromatic rings. The van der Waals surface area contributed by atoms with Gasteiger partial charge in [-0.1, -0.05) is 17.7 Å². The van der Waals surface area contributed by atoms with Crippen molar-refractivity contribution in [1.29, 1.82) is 0 Å². The number of aromatic nitrogens is 2. The van der Waals surface area contributed by atoms with Crippen LogP contribution >= 0.6 is 11.6 Å². The highest BCUT2D eigenvalue weighted by atomic mass is 35.5. The number of carbonyl (C=O) groups excluding carboxylic acids is 1. The molecule has 0 aliphatic carbocycles. The number of anilines is 1. The maximum absolute atomic E-state index is 12.4. The van der Waals surface area contributed by atoms with Crippen LogP contribution in [0, 0.1) is 13.8 Å². The van der Waals surface area contributed by atoms with E-state index in [4.69, 9.17) is 11.6 Å². The molecule has 0 radical (unpaired) electrons. The number of nitrogens with one attached hydrogen (secondary N) is 1. The molecule has 4 nitrogen and oxygen atoms in total. The summed E-state index contributed by atoms with van der Waals surface area (Å²) in [5, 5.41) is 3.43. The van der Waals surface area contributed by atoms with Crippen molar-refractivity contribution in [3.05, 3.63) is 64.7 Å². The van der Waals surface area contributed by atoms with E-state index >= 15 is 0 Å². The van der Waals surface area contributed by atoms with Gasteiger partial charge in [-0.2, -0.15) is 0 Å². The van der Waals surface area contributed by atoms with E-state index in [1.54, 1.807) is 30.9 Å². The predicted octanol–water partition coefficient (Wildman–Crippen LogP) is 3.86. The number of carbonyl (C=O) groups is 1. The molecule has 0 spiro atoms. The van der Waals surface area contributed by atoms with Gasteiger partial charge in [-0.25, -0.2) is 4.98 Å². The third kappa shape index (κ3) is 2.62. The fourth-order valence-corrected chi connectivity index (χ4v) is 2.69. The molecule has 0 saturated heterocycles. The number of rotatable bonds is 2. The minimum absolute atomic E-state index is 0.187. The molecule has 0 aliphatic heterocycles. The van der Waals surface area contributed by atoms with E-state index in [0.29, 0.717) is 16.3 Å². The van der Waals surface area contributed by atoms with Gasteiger partial charge in [0.15, 0.2) is 0 Å². The number of fused-ring (bicyclic) bond motifs is 1. The van der Waals surface area contributed by atoms with Crippen LogP contribution in [0.1, 0.15) is 21.5 Å². The SMILES string of the molecule is Cc1cc(C)c(NC(=O)c2ccn3cncc3c2)c(Cl)c1. The molecule has 2 heterocycles. The molecule has 3 rings (SSSR count). The number of halogens is 1. The zero-order valence-corrected chi connectivity index (χ0v) is 12.5. The average Bonchev–Trinajstić information content (AvgIpc) is 2.89. The van der Waals surface area contributed by atoms with Crippen LogP contribution in [0.25, 0.3) is 5.52 Å². The van der Waals surface area contributed by atoms with E-state index in [9.17, 15) is 4.79 Å². The summed E-state index contributed by atoms with van der Waals surface area (Å²) in [4.78, 5) is 16.4. The normalized spacial score (nSPS) is 10.8. The van der Waals surface area contributed by atoms with E-state index in [1.807, 2.05) is 30.4 Å². The number of pyridine rings is 1. The smallest absolute Gasteiger partial charge is 0.255 e. The summed E-state index contributed by atoms with van der Waals surface area (Å²) in [5.41, 5.74) is 4.10. The second-order valence-electron chi connectivity index (χ2n) is 5.03. The van der Waals surface area contributed by atoms with E-state index in [1.165, 1.54) is 0 Å². The van der Waals surface area contributed by atoms with Crippen LogP contribution in [0.5, 0.6) is 0 Å². The van der Waals surface area contributed by atoms with Gasteiger partial charge in [0.2, 0.25) is 0 Å². The lowest BCUT2D eigenvalue weighted by molar-refractivity contribution is 0.102. The maximum Gasteiger partial charge on any atom is 0.255 e. The van der Waals surface area contributed by atoms with E-state index in [-0.39, 0.29) is 5.91 Å². The number of nitrogens with zero attached hydrogens (tertiary/aromatic N) is 2. The average molecular weight is 300 g/mol. The van der Waals surface area contributed by atoms with Gasteiger partial charge < -0.3 is 9.72 Å². The highest BCUT2D eigenvalue weighted by molar-refractivity contribution is 6.34. The Kier molecular flexibility index (Phi) is 3.39. The van der Waals surface area contributed by atoms with E-state index in [2.05, 4.69) is 10.3 Å². The Morgan fingerprint density at radius 3 is 2.86 bits per heavy atom. The quantitative estimate of drug-likeness (QED) is 0.781. The number of amides is 1. The van der Waals surface area contributed by atoms with E-state index < -0.39 is 0 Å². The summed E-state index contributed by atoms with van der Waals surface area (Å²) in [7, 11) is 0. The van der Waals surface area contributed by atoms with Crippen LogP contribution < -0.4 is 5.32 Å². The molecule has 1 aromatic carbocycles. The highest BCUT2D eigenvalue weighted by Crippen LogP contribution is 2.27. The Morgan fingerprint density at radius 2 is 2.10 bits per heavy atom. The van der Waals surface area contributed by atoms with Gasteiger partial charge in [-0.3, -0.25) is 4.79 Å². The summed E-state index contributed by atoms with van der Waals surface area (Å²) >= 11 is 6.22. The zero-order valence-electron chi connectivity index (χ0n) is 11.7. The van der Waals surface area contributed by atoms with Gasteiger partial charge >= 0.3 is 0 Å². The van der Waals surface area contributed by atoms with Crippen LogP contribution in [-0.4, -0.2) is 15.3 Å². The molecule has 21 heavy (non-hydrogen) atoms. The number of hydrogen-bond acceptors (Lipinski definition) is 2. The van der Waals surface area contributed by atoms with Crippen molar-refractivity contribution in [3.8, 4) is 0 Å². The first-order valence-electron chi connectivity index (χ1n) is 6.54. The lowest BCUT2D eigenvalue weighted by Crippen LogP contribution is -2.13. The van der Waals surface area contributed by atoms with Crippen molar-refractivity contribution in [2.45, 2.75) is 13.8 Å². The molecule has 2 aromatic heterocycles. The molecule has 0 bridgehead atoms. The minimum Gasteiger partial charge on any atom is -0.320 e. The van der Waals surface area contributed by atoms with Crippen molar-refractivity contribution in [1.82, 2.24) is 9.38 Å². The first kappa shape index (κ1) is 13.6. The summed E-state index contributed by atoms with van der Waals surface area (Å²) in [5.74, 6) is -0.187. The molecule has 1 N–H and O–H groups in total. The second-order valence-corrected chi connectivity index (χ2v) is 5.44. The molecule has 0 fully saturated rings. The van der Waals surface area contributed by atoms with Crippen molar-refractivity contribution >= 4 is 28.7 Å². The number of imidazole rings is 1. The van der Waals surface area contributed by atoms with Gasteiger partial charge in [-0.05, 0) is 43.2 Å². The summed E-state index contributed by atoms with van der Waals surface area (Å²) in [6, 6.07) is 7.37. The molecule has 0 saturated carbocycles. The molecule has 106 valence electrons. The summed E-state index contributed by atoms with van der Waals surface area (Å²) < 4.78 is 1.85. The first-order chi connectivity index (χ1) is 10.0. The Morgan fingerprint density at radius 1 is 1.29 bits per heavy atom. The van der Waals surface area contributed by atoms with Gasteiger partial charge in [-0.15, -0.1) is 0 Å². The number of aryl methyl sites for hydroxylation is 2. The highest BCUT2D eigenvalue weighted by Gasteiger charge is 2.12. The van der Waals surface area contributed by atoms with Crippen LogP contribution in [0.3, 0.4) is 0 Å². The molecule has 1 amide bonds. The van der Waals surface area contributed by atoms with Crippen molar-refractivity contribution < 1.29 is 4.79 Å². The van der Waals surface area contributed by atoms with Gasteiger partial charge in [0.25, 0.3) is 5.91 Å². The van der Waals surface area contributed by atoms with Crippen LogP contribution in [0.4, 0.5) is 5.69 Å². The van der Waals surface area contributed by atoms with Crippen LogP contribution in [-0.2, 0) is 0 Å². The Labute approximate surface area is 127 Å². The topological polar surface area (TPSA) is 46.4 Å². The maximum atomic E-state index is 12.4. The fraction of sp³-hybridized carbons (Fsp3) is 0.125. The second kappa shape index (κ2) is 5.22. The van der Waals surface area contributed by atoms with E-state index in [0.717, 1.165) is 16.6 Å². The lowest BCUT2D eigenvalue weighted by Gasteiger charge is -2.11. The summed E-state index contributed by atoms with van der Waals surface area (Å²) in [6.07, 6.45) is 5.21. The van der Waals surface area contributed by atoms with Gasteiger partial charge in [0.05, 0.1) is 28.8 Å². The summed E-state index contributed by atoms with van der Waals surface area (Å²) in [6.45, 7) is 3.90. The molecule has 0 aliphatic rings. The van der Waals surface area contributed by atoms with Crippen LogP contribution in [0.2, 0.25) is 5.02 Å². The molecule has 0 unspecified atom stereocenters. The third-order valence-electron chi connectivity index (χ3n) is 3.35. The van der Waals surface area contributed by atoms with Gasteiger partial charge in [0, 0.05) is 11.8 Å². The Bertz CT molecular complexity index is 815. The first-order valence-corrected chi connectivity index (χ1v) is 6.92. The predicted molar refractivity (Wildman–Crippen MR) is 84.1 cm³/mol. The van der Waals surface area contributed by atoms with Crippen LogP contribution in [0.15, 0.2) is 43.0 Å². The Hall–Kier alpha value is -2.33. The fourth-order valence-electron chi connectivity index (χ4n) is 2.32. The van der Waals surface area contributed by atoms with Crippen molar-refractivity contribution in [2.75, 3.05) is 5.32 Å². The minimum atomic E-state index is -0.187. The monoisotopic (exact) mass is 299 g/mol. The van der Waals surface area contributed by atoms with Crippen molar-refractivity contribution in [3.63, 3.8) is 0 Å². The lowest BCUT2D eigenvalue weighted by atomic mass is 10.1. The molecular weight excluding hydrogens is 286 g/mol. The van der Waals surface area contributed by atoms with Gasteiger partial charge in [0.1, 0.15) is 0 Å². The zero-order chi connectivity index (χ0) is 15.0.